The van der Waals surface area contributed by atoms with Crippen LogP contribution in [0.15, 0.2) is 11.6 Å². The largest absolute Gasteiger partial charge is 0.303 e. The van der Waals surface area contributed by atoms with Gasteiger partial charge in [-0.2, -0.15) is 0 Å². The molecule has 0 aromatic heterocycles. The minimum Gasteiger partial charge on any atom is -0.303 e. The molecule has 0 saturated heterocycles. The molecule has 70 valence electrons. The van der Waals surface area contributed by atoms with Crippen LogP contribution >= 0.6 is 0 Å². The maximum atomic E-state index is 10.2. The highest BCUT2D eigenvalue weighted by Gasteiger charge is 1.97. The molecular formula is C11H20O. The topological polar surface area (TPSA) is 17.1 Å². The molecule has 0 heterocycles. The van der Waals surface area contributed by atoms with Crippen molar-refractivity contribution in [2.45, 2.75) is 46.5 Å². The molecule has 1 heteroatoms. The number of carbonyl (C=O) groups excluding carboxylic acids is 1. The van der Waals surface area contributed by atoms with Crippen LogP contribution in [-0.4, -0.2) is 6.29 Å². The fraction of sp³-hybridized carbons (Fsp3) is 0.727. The molecule has 0 N–H and O–H groups in total. The average Bonchev–Trinajstić information content (AvgIpc) is 2.01. The Morgan fingerprint density at radius 2 is 2.17 bits per heavy atom. The summed E-state index contributed by atoms with van der Waals surface area (Å²) in [7, 11) is 0. The second-order valence-corrected chi connectivity index (χ2v) is 3.50. The molecule has 0 fully saturated rings. The number of unbranched alkanes of at least 4 members (excludes halogenated alkanes) is 1. The van der Waals surface area contributed by atoms with Crippen molar-refractivity contribution in [3.8, 4) is 0 Å². The second kappa shape index (κ2) is 7.08. The van der Waals surface area contributed by atoms with Crippen LogP contribution in [0.25, 0.3) is 0 Å². The van der Waals surface area contributed by atoms with Crippen molar-refractivity contribution in [1.82, 2.24) is 0 Å². The molecule has 1 nitrogen and oxygen atoms in total. The Labute approximate surface area is 75.9 Å². The van der Waals surface area contributed by atoms with Crippen LogP contribution in [-0.2, 0) is 4.79 Å². The zero-order chi connectivity index (χ0) is 9.40. The van der Waals surface area contributed by atoms with Crippen molar-refractivity contribution in [2.75, 3.05) is 0 Å². The predicted octanol–water partition coefficient (Wildman–Crippen LogP) is 3.35. The van der Waals surface area contributed by atoms with Gasteiger partial charge in [-0.3, -0.25) is 0 Å². The number of aldehydes is 1. The SMILES string of the molecule is CCCC/C(C)=C/C(C)CC=O. The normalized spacial score (nSPS) is 14.4. The van der Waals surface area contributed by atoms with Crippen LogP contribution < -0.4 is 0 Å². The molecular weight excluding hydrogens is 148 g/mol. The summed E-state index contributed by atoms with van der Waals surface area (Å²) >= 11 is 0. The summed E-state index contributed by atoms with van der Waals surface area (Å²) in [5, 5.41) is 0. The van der Waals surface area contributed by atoms with E-state index in [2.05, 4.69) is 26.8 Å². The first-order valence-corrected chi connectivity index (χ1v) is 4.81. The van der Waals surface area contributed by atoms with Crippen molar-refractivity contribution >= 4 is 6.29 Å². The Hall–Kier alpha value is -0.590. The van der Waals surface area contributed by atoms with Crippen molar-refractivity contribution in [1.29, 1.82) is 0 Å². The first-order valence-electron chi connectivity index (χ1n) is 4.81. The molecule has 0 radical (unpaired) electrons. The van der Waals surface area contributed by atoms with E-state index in [0.717, 1.165) is 6.29 Å². The number of rotatable bonds is 6. The monoisotopic (exact) mass is 168 g/mol. The zero-order valence-electron chi connectivity index (χ0n) is 8.47. The Bertz CT molecular complexity index is 147. The minimum atomic E-state index is 0.416. The first-order chi connectivity index (χ1) is 5.70. The summed E-state index contributed by atoms with van der Waals surface area (Å²) in [6, 6.07) is 0. The average molecular weight is 168 g/mol. The molecule has 0 spiro atoms. The third-order valence-electron chi connectivity index (χ3n) is 1.96. The van der Waals surface area contributed by atoms with Crippen molar-refractivity contribution < 1.29 is 4.79 Å². The maximum absolute atomic E-state index is 10.2. The molecule has 0 aliphatic rings. The van der Waals surface area contributed by atoms with Crippen molar-refractivity contribution in [3.05, 3.63) is 11.6 Å². The Morgan fingerprint density at radius 1 is 1.50 bits per heavy atom. The summed E-state index contributed by atoms with van der Waals surface area (Å²) in [4.78, 5) is 10.2. The van der Waals surface area contributed by atoms with E-state index in [1.807, 2.05) is 0 Å². The third kappa shape index (κ3) is 6.14. The van der Waals surface area contributed by atoms with Gasteiger partial charge in [0, 0.05) is 6.42 Å². The molecule has 0 aliphatic carbocycles. The van der Waals surface area contributed by atoms with Gasteiger partial charge in [0.2, 0.25) is 0 Å². The molecule has 0 bridgehead atoms. The predicted molar refractivity (Wildman–Crippen MR) is 53.1 cm³/mol. The Balaban J connectivity index is 3.71. The highest BCUT2D eigenvalue weighted by atomic mass is 16.1. The van der Waals surface area contributed by atoms with Gasteiger partial charge in [0.05, 0.1) is 0 Å². The van der Waals surface area contributed by atoms with E-state index in [0.29, 0.717) is 12.3 Å². The fourth-order valence-electron chi connectivity index (χ4n) is 1.24. The standard InChI is InChI=1S/C11H20O/c1-4-5-6-10(2)9-11(3)7-8-12/h8-9,11H,4-7H2,1-3H3/b10-9+. The van der Waals surface area contributed by atoms with Gasteiger partial charge < -0.3 is 4.79 Å². The van der Waals surface area contributed by atoms with E-state index >= 15 is 0 Å². The van der Waals surface area contributed by atoms with Gasteiger partial charge in [-0.15, -0.1) is 0 Å². The van der Waals surface area contributed by atoms with Crippen molar-refractivity contribution in [3.63, 3.8) is 0 Å². The van der Waals surface area contributed by atoms with Gasteiger partial charge >= 0.3 is 0 Å². The van der Waals surface area contributed by atoms with Crippen LogP contribution in [0, 0.1) is 5.92 Å². The first kappa shape index (κ1) is 11.4. The Morgan fingerprint density at radius 3 is 2.67 bits per heavy atom. The molecule has 0 rings (SSSR count). The van der Waals surface area contributed by atoms with Gasteiger partial charge in [-0.25, -0.2) is 0 Å². The lowest BCUT2D eigenvalue weighted by molar-refractivity contribution is -0.108. The highest BCUT2D eigenvalue weighted by Crippen LogP contribution is 2.11. The lowest BCUT2D eigenvalue weighted by Crippen LogP contribution is -1.92. The quantitative estimate of drug-likeness (QED) is 0.439. The molecule has 0 aromatic carbocycles. The van der Waals surface area contributed by atoms with Crippen molar-refractivity contribution in [2.24, 2.45) is 5.92 Å². The highest BCUT2D eigenvalue weighted by molar-refractivity contribution is 5.50. The smallest absolute Gasteiger partial charge is 0.120 e. The molecule has 0 aromatic rings. The van der Waals surface area contributed by atoms with E-state index in [1.165, 1.54) is 24.8 Å². The summed E-state index contributed by atoms with van der Waals surface area (Å²) in [5.41, 5.74) is 1.42. The molecule has 1 atom stereocenters. The van der Waals surface area contributed by atoms with Crippen LogP contribution in [0.1, 0.15) is 46.5 Å². The molecule has 0 saturated carbocycles. The van der Waals surface area contributed by atoms with Gasteiger partial charge in [-0.1, -0.05) is 31.9 Å². The molecule has 1 unspecified atom stereocenters. The summed E-state index contributed by atoms with van der Waals surface area (Å²) in [5.74, 6) is 0.416. The van der Waals surface area contributed by atoms with Crippen LogP contribution in [0.3, 0.4) is 0 Å². The number of hydrogen-bond acceptors (Lipinski definition) is 1. The van der Waals surface area contributed by atoms with E-state index < -0.39 is 0 Å². The van der Waals surface area contributed by atoms with E-state index in [9.17, 15) is 4.79 Å². The number of hydrogen-bond donors (Lipinski definition) is 0. The Kier molecular flexibility index (Phi) is 6.73. The van der Waals surface area contributed by atoms with Crippen LogP contribution in [0.4, 0.5) is 0 Å². The zero-order valence-corrected chi connectivity index (χ0v) is 8.47. The lowest BCUT2D eigenvalue weighted by atomic mass is 10.0. The number of carbonyl (C=O) groups is 1. The maximum Gasteiger partial charge on any atom is 0.120 e. The number of allylic oxidation sites excluding steroid dienone is 2. The summed E-state index contributed by atoms with van der Waals surface area (Å²) in [6.45, 7) is 6.43. The lowest BCUT2D eigenvalue weighted by Gasteiger charge is -2.03. The molecule has 12 heavy (non-hydrogen) atoms. The fourth-order valence-corrected chi connectivity index (χ4v) is 1.24. The van der Waals surface area contributed by atoms with E-state index in [4.69, 9.17) is 0 Å². The van der Waals surface area contributed by atoms with Gasteiger partial charge in [0.15, 0.2) is 0 Å². The third-order valence-corrected chi connectivity index (χ3v) is 1.96. The van der Waals surface area contributed by atoms with Gasteiger partial charge in [0.25, 0.3) is 0 Å². The van der Waals surface area contributed by atoms with Crippen LogP contribution in [0.2, 0.25) is 0 Å². The minimum absolute atomic E-state index is 0.416. The molecule has 0 amide bonds. The van der Waals surface area contributed by atoms with Gasteiger partial charge in [-0.05, 0) is 25.7 Å². The van der Waals surface area contributed by atoms with E-state index in [-0.39, 0.29) is 0 Å². The molecule has 0 aliphatic heterocycles. The summed E-state index contributed by atoms with van der Waals surface area (Å²) < 4.78 is 0. The van der Waals surface area contributed by atoms with Crippen LogP contribution in [0.5, 0.6) is 0 Å². The van der Waals surface area contributed by atoms with E-state index in [1.54, 1.807) is 0 Å². The second-order valence-electron chi connectivity index (χ2n) is 3.50. The summed E-state index contributed by atoms with van der Waals surface area (Å²) in [6.07, 6.45) is 7.55. The van der Waals surface area contributed by atoms with Gasteiger partial charge in [0.1, 0.15) is 6.29 Å².